The lowest BCUT2D eigenvalue weighted by atomic mass is 9.96. The number of rotatable bonds is 4. The van der Waals surface area contributed by atoms with Crippen LogP contribution in [0, 0.1) is 13.8 Å². The summed E-state index contributed by atoms with van der Waals surface area (Å²) in [5.74, 6) is -0.484. The molecule has 0 saturated carbocycles. The fourth-order valence-electron chi connectivity index (χ4n) is 4.25. The van der Waals surface area contributed by atoms with Crippen LogP contribution >= 0.6 is 11.3 Å². The Morgan fingerprint density at radius 1 is 1.21 bits per heavy atom. The van der Waals surface area contributed by atoms with Crippen molar-refractivity contribution >= 4 is 38.8 Å². The summed E-state index contributed by atoms with van der Waals surface area (Å²) in [6.07, 6.45) is 0.727. The molecule has 0 saturated heterocycles. The number of amides is 1. The molecule has 5 rings (SSSR count). The number of nitrogens with two attached hydrogens (primary N) is 1. The fourth-order valence-corrected chi connectivity index (χ4v) is 5.28. The van der Waals surface area contributed by atoms with Gasteiger partial charge in [-0.25, -0.2) is 4.98 Å². The molecule has 2 aromatic carbocycles. The Morgan fingerprint density at radius 2 is 2.00 bits per heavy atom. The van der Waals surface area contributed by atoms with Crippen LogP contribution < -0.4 is 32.4 Å². The predicted octanol–water partition coefficient (Wildman–Crippen LogP) is 1.27. The third-order valence-electron chi connectivity index (χ3n) is 6.23. The van der Waals surface area contributed by atoms with Crippen molar-refractivity contribution in [2.24, 2.45) is 0 Å². The molecule has 4 N–H and O–H groups in total. The molecule has 1 aliphatic rings. The summed E-state index contributed by atoms with van der Waals surface area (Å²) in [6.45, 7) is 5.11. The zero-order chi connectivity index (χ0) is 23.4. The number of hydrogen-bond acceptors (Lipinski definition) is 8. The highest BCUT2D eigenvalue weighted by Gasteiger charge is 2.27. The van der Waals surface area contributed by atoms with Crippen LogP contribution in [-0.2, 0) is 19.5 Å². The molecule has 0 spiro atoms. The molecule has 3 heterocycles. The topological polar surface area (TPSA) is 138 Å². The monoisotopic (exact) mass is 463 g/mol. The van der Waals surface area contributed by atoms with E-state index in [2.05, 4.69) is 15.3 Å². The van der Waals surface area contributed by atoms with Crippen molar-refractivity contribution in [3.8, 4) is 0 Å². The van der Waals surface area contributed by atoms with Gasteiger partial charge in [-0.3, -0.25) is 19.2 Å². The van der Waals surface area contributed by atoms with Gasteiger partial charge >= 0.3 is 0 Å². The van der Waals surface area contributed by atoms with E-state index in [1.54, 1.807) is 0 Å². The maximum absolute atomic E-state index is 12.6. The minimum Gasteiger partial charge on any atom is -0.394 e. The molecule has 0 unspecified atom stereocenters. The van der Waals surface area contributed by atoms with E-state index >= 15 is 0 Å². The molecule has 33 heavy (non-hydrogen) atoms. The van der Waals surface area contributed by atoms with E-state index in [0.29, 0.717) is 29.0 Å². The first-order valence-corrected chi connectivity index (χ1v) is 11.3. The highest BCUT2D eigenvalue weighted by atomic mass is 32.1. The van der Waals surface area contributed by atoms with Crippen molar-refractivity contribution in [2.45, 2.75) is 33.4 Å². The van der Waals surface area contributed by atoms with Gasteiger partial charge in [0.2, 0.25) is 5.82 Å². The summed E-state index contributed by atoms with van der Waals surface area (Å²) >= 11 is 1.39. The standard InChI is InChI=1S/C23H21N5O4S/c1-10-11(2)33-23-15(10)21(31)26-20(27-23)22(32)25-8-12-3-4-13-5-6-28(9-14(13)7-12)17-16(24)18(29)19(17)30/h3-4,7H,5-6,8-9,24H2,1-2H3,(H,25,32)(H,26,27,31). The van der Waals surface area contributed by atoms with E-state index < -0.39 is 16.8 Å². The zero-order valence-electron chi connectivity index (χ0n) is 18.1. The van der Waals surface area contributed by atoms with Gasteiger partial charge in [0.1, 0.15) is 16.2 Å². The van der Waals surface area contributed by atoms with E-state index in [9.17, 15) is 19.2 Å². The maximum atomic E-state index is 12.6. The molecule has 0 aliphatic carbocycles. The number of carbonyl (C=O) groups is 1. The van der Waals surface area contributed by atoms with Crippen molar-refractivity contribution < 1.29 is 4.79 Å². The van der Waals surface area contributed by atoms with Gasteiger partial charge in [-0.05, 0) is 42.5 Å². The molecule has 168 valence electrons. The number of nitrogen functional groups attached to an aromatic ring is 1. The van der Waals surface area contributed by atoms with Crippen LogP contribution in [0.5, 0.6) is 0 Å². The third-order valence-corrected chi connectivity index (χ3v) is 7.33. The first-order chi connectivity index (χ1) is 15.7. The summed E-state index contributed by atoms with van der Waals surface area (Å²) in [4.78, 5) is 58.7. The van der Waals surface area contributed by atoms with Crippen LogP contribution in [0.4, 0.5) is 11.4 Å². The van der Waals surface area contributed by atoms with Crippen molar-refractivity contribution in [1.82, 2.24) is 15.3 Å². The summed E-state index contributed by atoms with van der Waals surface area (Å²) in [7, 11) is 0. The number of anilines is 2. The Bertz CT molecular complexity index is 1570. The quantitative estimate of drug-likeness (QED) is 0.388. The summed E-state index contributed by atoms with van der Waals surface area (Å²) in [5, 5.41) is 3.33. The first-order valence-electron chi connectivity index (χ1n) is 10.5. The fraction of sp³-hybridized carbons (Fsp3) is 0.261. The first kappa shape index (κ1) is 21.1. The number of fused-ring (bicyclic) bond motifs is 2. The van der Waals surface area contributed by atoms with Gasteiger partial charge in [-0.2, -0.15) is 0 Å². The molecule has 9 nitrogen and oxygen atoms in total. The number of aryl methyl sites for hydroxylation is 2. The number of hydrogen-bond donors (Lipinski definition) is 3. The Kier molecular flexibility index (Phi) is 4.89. The Balaban J connectivity index is 1.32. The summed E-state index contributed by atoms with van der Waals surface area (Å²) in [6, 6.07) is 5.91. The van der Waals surface area contributed by atoms with Gasteiger partial charge in [0.05, 0.1) is 5.39 Å². The number of nitrogens with one attached hydrogen (secondary N) is 2. The minimum absolute atomic E-state index is 0.0199. The number of nitrogens with zero attached hydrogens (tertiary/aromatic N) is 2. The average Bonchev–Trinajstić information content (AvgIpc) is 3.10. The van der Waals surface area contributed by atoms with Crippen molar-refractivity contribution in [3.05, 3.63) is 82.0 Å². The Morgan fingerprint density at radius 3 is 2.76 bits per heavy atom. The average molecular weight is 464 g/mol. The van der Waals surface area contributed by atoms with Crippen molar-refractivity contribution in [1.29, 1.82) is 0 Å². The highest BCUT2D eigenvalue weighted by Crippen LogP contribution is 2.27. The van der Waals surface area contributed by atoms with Gasteiger partial charge in [0.25, 0.3) is 22.3 Å². The molecule has 4 aromatic rings. The number of aromatic amines is 1. The Labute approximate surface area is 191 Å². The second-order valence-corrected chi connectivity index (χ2v) is 9.46. The molecule has 0 radical (unpaired) electrons. The van der Waals surface area contributed by atoms with Gasteiger partial charge in [-0.15, -0.1) is 11.3 Å². The van der Waals surface area contributed by atoms with Crippen molar-refractivity contribution in [3.63, 3.8) is 0 Å². The number of carbonyl (C=O) groups excluding carboxylic acids is 1. The van der Waals surface area contributed by atoms with Gasteiger partial charge in [0.15, 0.2) is 0 Å². The molecule has 10 heteroatoms. The molecule has 0 bridgehead atoms. The normalized spacial score (nSPS) is 13.5. The van der Waals surface area contributed by atoms with Crippen LogP contribution in [0.1, 0.15) is 37.7 Å². The number of benzene rings is 1. The highest BCUT2D eigenvalue weighted by molar-refractivity contribution is 7.18. The van der Waals surface area contributed by atoms with Gasteiger partial charge in [0, 0.05) is 24.5 Å². The summed E-state index contributed by atoms with van der Waals surface area (Å²) < 4.78 is 0. The smallest absolute Gasteiger partial charge is 0.287 e. The van der Waals surface area contributed by atoms with Gasteiger partial charge in [-0.1, -0.05) is 18.2 Å². The lowest BCUT2D eigenvalue weighted by molar-refractivity contribution is 0.0940. The summed E-state index contributed by atoms with van der Waals surface area (Å²) in [5.41, 5.74) is 8.48. The predicted molar refractivity (Wildman–Crippen MR) is 128 cm³/mol. The van der Waals surface area contributed by atoms with E-state index in [1.807, 2.05) is 36.9 Å². The van der Waals surface area contributed by atoms with Crippen LogP contribution in [0.15, 0.2) is 32.6 Å². The molecule has 0 fully saturated rings. The van der Waals surface area contributed by atoms with E-state index in [-0.39, 0.29) is 23.6 Å². The van der Waals surface area contributed by atoms with E-state index in [1.165, 1.54) is 11.3 Å². The Hall–Kier alpha value is -3.79. The molecule has 2 aromatic heterocycles. The second kappa shape index (κ2) is 7.66. The molecule has 1 amide bonds. The minimum atomic E-state index is -0.620. The van der Waals surface area contributed by atoms with Gasteiger partial charge < -0.3 is 20.9 Å². The molecule has 0 atom stereocenters. The van der Waals surface area contributed by atoms with Crippen LogP contribution in [0.2, 0.25) is 0 Å². The van der Waals surface area contributed by atoms with E-state index in [4.69, 9.17) is 5.73 Å². The van der Waals surface area contributed by atoms with E-state index in [0.717, 1.165) is 33.6 Å². The van der Waals surface area contributed by atoms with Crippen LogP contribution in [0.25, 0.3) is 10.2 Å². The SMILES string of the molecule is Cc1sc2nc(C(=O)NCc3ccc4c(c3)CN(c3c(N)c(=O)c3=O)CC4)[nH]c(=O)c2c1C. The van der Waals surface area contributed by atoms with Crippen LogP contribution in [-0.4, -0.2) is 22.4 Å². The van der Waals surface area contributed by atoms with Crippen molar-refractivity contribution in [2.75, 3.05) is 17.2 Å². The molecule has 1 aliphatic heterocycles. The lowest BCUT2D eigenvalue weighted by Crippen LogP contribution is -2.44. The molecular weight excluding hydrogens is 442 g/mol. The van der Waals surface area contributed by atoms with Crippen LogP contribution in [0.3, 0.4) is 0 Å². The third kappa shape index (κ3) is 3.43. The lowest BCUT2D eigenvalue weighted by Gasteiger charge is -2.32. The number of thiophene rings is 1. The second-order valence-electron chi connectivity index (χ2n) is 8.26. The molecular formula is C23H21N5O4S. The number of aromatic nitrogens is 2. The largest absolute Gasteiger partial charge is 0.394 e. The maximum Gasteiger partial charge on any atom is 0.287 e. The zero-order valence-corrected chi connectivity index (χ0v) is 18.9. The number of H-pyrrole nitrogens is 1.